The van der Waals surface area contributed by atoms with Crippen LogP contribution in [0.25, 0.3) is 0 Å². The van der Waals surface area contributed by atoms with Crippen molar-refractivity contribution in [1.29, 1.82) is 0 Å². The number of halogens is 1. The molecule has 2 N–H and O–H groups in total. The fraction of sp³-hybridized carbons (Fsp3) is 0.190. The quantitative estimate of drug-likeness (QED) is 0.620. The Hall–Kier alpha value is -3.12. The molecule has 6 nitrogen and oxygen atoms in total. The molecule has 7 heteroatoms. The van der Waals surface area contributed by atoms with E-state index in [4.69, 9.17) is 16.3 Å². The molecule has 0 aliphatic heterocycles. The highest BCUT2D eigenvalue weighted by Crippen LogP contribution is 2.20. The first-order chi connectivity index (χ1) is 13.6. The number of para-hydroxylation sites is 1. The summed E-state index contributed by atoms with van der Waals surface area (Å²) >= 11 is 5.95. The standard InChI is InChI=1S/C21H21ClN4O2/c1-14-11-16(22)7-8-17(14)26-21(27)18-12-20(25-13-24-18)23-10-9-15-5-3-4-6-19(15)28-2/h3-8,11-13H,9-10H2,1-2H3,(H,26,27)(H,23,24,25). The molecule has 1 heterocycles. The molecule has 0 aliphatic carbocycles. The third-order valence-corrected chi connectivity index (χ3v) is 4.46. The molecule has 2 aromatic carbocycles. The summed E-state index contributed by atoms with van der Waals surface area (Å²) in [6.07, 6.45) is 2.13. The van der Waals surface area contributed by atoms with Crippen molar-refractivity contribution in [2.45, 2.75) is 13.3 Å². The maximum atomic E-state index is 12.5. The van der Waals surface area contributed by atoms with E-state index in [9.17, 15) is 4.79 Å². The van der Waals surface area contributed by atoms with Crippen LogP contribution >= 0.6 is 11.6 Å². The van der Waals surface area contributed by atoms with Crippen LogP contribution in [0.15, 0.2) is 54.9 Å². The van der Waals surface area contributed by atoms with Gasteiger partial charge in [-0.3, -0.25) is 4.79 Å². The van der Waals surface area contributed by atoms with Crippen molar-refractivity contribution < 1.29 is 9.53 Å². The van der Waals surface area contributed by atoms with E-state index in [2.05, 4.69) is 20.6 Å². The summed E-state index contributed by atoms with van der Waals surface area (Å²) in [4.78, 5) is 20.8. The van der Waals surface area contributed by atoms with Crippen molar-refractivity contribution in [3.8, 4) is 5.75 Å². The average molecular weight is 397 g/mol. The van der Waals surface area contributed by atoms with Crippen molar-refractivity contribution in [3.05, 3.63) is 76.7 Å². The first-order valence-corrected chi connectivity index (χ1v) is 9.20. The van der Waals surface area contributed by atoms with Crippen LogP contribution < -0.4 is 15.4 Å². The van der Waals surface area contributed by atoms with Crippen molar-refractivity contribution in [2.24, 2.45) is 0 Å². The summed E-state index contributed by atoms with van der Waals surface area (Å²) in [5.41, 5.74) is 2.95. The smallest absolute Gasteiger partial charge is 0.274 e. The lowest BCUT2D eigenvalue weighted by atomic mass is 10.1. The molecule has 0 fully saturated rings. The number of nitrogens with one attached hydrogen (secondary N) is 2. The number of anilines is 2. The predicted molar refractivity (Wildman–Crippen MR) is 111 cm³/mol. The number of aryl methyl sites for hydroxylation is 1. The number of hydrogen-bond donors (Lipinski definition) is 2. The Labute approximate surface area is 168 Å². The van der Waals surface area contributed by atoms with E-state index in [0.717, 1.165) is 23.3 Å². The summed E-state index contributed by atoms with van der Waals surface area (Å²) in [7, 11) is 1.66. The van der Waals surface area contributed by atoms with Gasteiger partial charge in [0.05, 0.1) is 7.11 Å². The largest absolute Gasteiger partial charge is 0.496 e. The highest BCUT2D eigenvalue weighted by atomic mass is 35.5. The van der Waals surface area contributed by atoms with E-state index in [0.29, 0.717) is 23.1 Å². The first kappa shape index (κ1) is 19.6. The molecule has 1 aromatic heterocycles. The lowest BCUT2D eigenvalue weighted by Gasteiger charge is -2.11. The number of carbonyl (C=O) groups excluding carboxylic acids is 1. The summed E-state index contributed by atoms with van der Waals surface area (Å²) in [5.74, 6) is 1.13. The number of amides is 1. The summed E-state index contributed by atoms with van der Waals surface area (Å²) in [6, 6.07) is 14.8. The van der Waals surface area contributed by atoms with Gasteiger partial charge in [0.25, 0.3) is 5.91 Å². The molecule has 0 saturated carbocycles. The molecule has 0 bridgehead atoms. The normalized spacial score (nSPS) is 10.4. The van der Waals surface area contributed by atoms with Gasteiger partial charge in [-0.1, -0.05) is 29.8 Å². The van der Waals surface area contributed by atoms with Crippen LogP contribution in [0.5, 0.6) is 5.75 Å². The molecular weight excluding hydrogens is 376 g/mol. The minimum Gasteiger partial charge on any atom is -0.496 e. The van der Waals surface area contributed by atoms with Crippen LogP contribution in [0.2, 0.25) is 5.02 Å². The van der Waals surface area contributed by atoms with Gasteiger partial charge in [0, 0.05) is 23.3 Å². The zero-order valence-corrected chi connectivity index (χ0v) is 16.5. The summed E-state index contributed by atoms with van der Waals surface area (Å²) in [6.45, 7) is 2.53. The predicted octanol–water partition coefficient (Wildman–Crippen LogP) is 4.35. The van der Waals surface area contributed by atoms with Crippen molar-refractivity contribution in [1.82, 2.24) is 9.97 Å². The van der Waals surface area contributed by atoms with E-state index >= 15 is 0 Å². The van der Waals surface area contributed by atoms with E-state index in [1.165, 1.54) is 6.33 Å². The van der Waals surface area contributed by atoms with Gasteiger partial charge in [-0.25, -0.2) is 9.97 Å². The second kappa shape index (κ2) is 9.19. The maximum Gasteiger partial charge on any atom is 0.274 e. The van der Waals surface area contributed by atoms with Crippen LogP contribution in [0.3, 0.4) is 0 Å². The van der Waals surface area contributed by atoms with Gasteiger partial charge in [-0.15, -0.1) is 0 Å². The molecule has 3 aromatic rings. The third-order valence-electron chi connectivity index (χ3n) is 4.23. The van der Waals surface area contributed by atoms with Gasteiger partial charge in [-0.2, -0.15) is 0 Å². The van der Waals surface area contributed by atoms with Crippen molar-refractivity contribution in [3.63, 3.8) is 0 Å². The highest BCUT2D eigenvalue weighted by Gasteiger charge is 2.11. The Kier molecular flexibility index (Phi) is 6.45. The van der Waals surface area contributed by atoms with E-state index in [1.807, 2.05) is 31.2 Å². The molecular formula is C21H21ClN4O2. The number of hydrogen-bond acceptors (Lipinski definition) is 5. The van der Waals surface area contributed by atoms with Crippen molar-refractivity contribution >= 4 is 29.0 Å². The van der Waals surface area contributed by atoms with Gasteiger partial charge in [0.2, 0.25) is 0 Å². The second-order valence-corrected chi connectivity index (χ2v) is 6.63. The minimum atomic E-state index is -0.305. The molecule has 28 heavy (non-hydrogen) atoms. The molecule has 0 radical (unpaired) electrons. The lowest BCUT2D eigenvalue weighted by Crippen LogP contribution is -2.16. The van der Waals surface area contributed by atoms with Gasteiger partial charge < -0.3 is 15.4 Å². The Balaban J connectivity index is 1.62. The molecule has 3 rings (SSSR count). The van der Waals surface area contributed by atoms with Crippen LogP contribution in [0, 0.1) is 6.92 Å². The first-order valence-electron chi connectivity index (χ1n) is 8.82. The number of rotatable bonds is 7. The summed E-state index contributed by atoms with van der Waals surface area (Å²) in [5, 5.41) is 6.69. The van der Waals surface area contributed by atoms with Gasteiger partial charge in [-0.05, 0) is 48.7 Å². The number of methoxy groups -OCH3 is 1. The SMILES string of the molecule is COc1ccccc1CCNc1cc(C(=O)Nc2ccc(Cl)cc2C)ncn1. The Morgan fingerprint density at radius 1 is 1.14 bits per heavy atom. The number of ether oxygens (including phenoxy) is 1. The minimum absolute atomic E-state index is 0.282. The maximum absolute atomic E-state index is 12.5. The Morgan fingerprint density at radius 3 is 2.75 bits per heavy atom. The fourth-order valence-corrected chi connectivity index (χ4v) is 2.99. The number of benzene rings is 2. The molecule has 0 atom stereocenters. The molecule has 0 spiro atoms. The van der Waals surface area contributed by atoms with Crippen LogP contribution in [0.1, 0.15) is 21.6 Å². The topological polar surface area (TPSA) is 76.1 Å². The second-order valence-electron chi connectivity index (χ2n) is 6.19. The van der Waals surface area contributed by atoms with E-state index in [1.54, 1.807) is 31.4 Å². The number of carbonyl (C=O) groups is 1. The van der Waals surface area contributed by atoms with Gasteiger partial charge in [0.1, 0.15) is 23.6 Å². The van der Waals surface area contributed by atoms with E-state index in [-0.39, 0.29) is 11.6 Å². The molecule has 1 amide bonds. The summed E-state index contributed by atoms with van der Waals surface area (Å²) < 4.78 is 5.36. The highest BCUT2D eigenvalue weighted by molar-refractivity contribution is 6.30. The van der Waals surface area contributed by atoms with Crippen LogP contribution in [-0.4, -0.2) is 29.5 Å². The molecule has 0 aliphatic rings. The lowest BCUT2D eigenvalue weighted by molar-refractivity contribution is 0.102. The van der Waals surface area contributed by atoms with Crippen LogP contribution in [0.4, 0.5) is 11.5 Å². The average Bonchev–Trinajstić information content (AvgIpc) is 2.70. The zero-order chi connectivity index (χ0) is 19.9. The molecule has 144 valence electrons. The monoisotopic (exact) mass is 396 g/mol. The van der Waals surface area contributed by atoms with Crippen LogP contribution in [-0.2, 0) is 6.42 Å². The van der Waals surface area contributed by atoms with E-state index < -0.39 is 0 Å². The van der Waals surface area contributed by atoms with Crippen molar-refractivity contribution in [2.75, 3.05) is 24.3 Å². The Bertz CT molecular complexity index is 978. The fourth-order valence-electron chi connectivity index (χ4n) is 2.77. The molecule has 0 saturated heterocycles. The van der Waals surface area contributed by atoms with Gasteiger partial charge in [0.15, 0.2) is 0 Å². The Morgan fingerprint density at radius 2 is 1.96 bits per heavy atom. The number of aromatic nitrogens is 2. The number of nitrogens with zero attached hydrogens (tertiary/aromatic N) is 2. The third kappa shape index (κ3) is 4.98. The zero-order valence-electron chi connectivity index (χ0n) is 15.7. The molecule has 0 unspecified atom stereocenters. The van der Waals surface area contributed by atoms with Gasteiger partial charge >= 0.3 is 0 Å².